The monoisotopic (exact) mass is 261 g/mol. The molecular formula is C14H19N3O2. The summed E-state index contributed by atoms with van der Waals surface area (Å²) in [6.07, 6.45) is 1.86. The number of imidazole rings is 1. The number of pyridine rings is 1. The lowest BCUT2D eigenvalue weighted by molar-refractivity contribution is 0.0688. The topological polar surface area (TPSA) is 57.8 Å². The first kappa shape index (κ1) is 13.4. The average molecular weight is 261 g/mol. The molecule has 2 aromatic rings. The van der Waals surface area contributed by atoms with Crippen LogP contribution in [-0.2, 0) is 0 Å². The molecule has 0 aliphatic heterocycles. The van der Waals surface area contributed by atoms with Crippen LogP contribution in [0.2, 0.25) is 0 Å². The molecule has 0 spiro atoms. The summed E-state index contributed by atoms with van der Waals surface area (Å²) >= 11 is 0. The third-order valence-corrected chi connectivity index (χ3v) is 3.40. The van der Waals surface area contributed by atoms with Gasteiger partial charge in [0.05, 0.1) is 11.4 Å². The molecule has 0 amide bonds. The molecule has 5 heteroatoms. The van der Waals surface area contributed by atoms with Gasteiger partial charge in [0.25, 0.3) is 0 Å². The van der Waals surface area contributed by atoms with Crippen molar-refractivity contribution in [2.75, 3.05) is 18.0 Å². The van der Waals surface area contributed by atoms with E-state index in [9.17, 15) is 9.90 Å². The maximum Gasteiger partial charge on any atom is 0.354 e. The normalized spacial score (nSPS) is 10.9. The fourth-order valence-corrected chi connectivity index (χ4v) is 2.43. The van der Waals surface area contributed by atoms with Gasteiger partial charge in [-0.05, 0) is 39.3 Å². The number of carbonyl (C=O) groups is 1. The van der Waals surface area contributed by atoms with E-state index < -0.39 is 5.97 Å². The van der Waals surface area contributed by atoms with E-state index >= 15 is 0 Å². The van der Waals surface area contributed by atoms with Crippen LogP contribution in [0.4, 0.5) is 5.69 Å². The molecule has 1 N–H and O–H groups in total. The van der Waals surface area contributed by atoms with Crippen molar-refractivity contribution < 1.29 is 9.90 Å². The van der Waals surface area contributed by atoms with Gasteiger partial charge in [-0.2, -0.15) is 0 Å². The van der Waals surface area contributed by atoms with Gasteiger partial charge in [0.1, 0.15) is 5.65 Å². The zero-order valence-electron chi connectivity index (χ0n) is 11.8. The predicted octanol–water partition coefficient (Wildman–Crippen LogP) is 2.50. The molecule has 0 aliphatic carbocycles. The lowest BCUT2D eigenvalue weighted by atomic mass is 10.2. The van der Waals surface area contributed by atoms with E-state index in [1.54, 1.807) is 11.3 Å². The minimum Gasteiger partial charge on any atom is -0.477 e. The summed E-state index contributed by atoms with van der Waals surface area (Å²) in [7, 11) is 0. The van der Waals surface area contributed by atoms with Gasteiger partial charge >= 0.3 is 5.97 Å². The summed E-state index contributed by atoms with van der Waals surface area (Å²) < 4.78 is 1.68. The fourth-order valence-electron chi connectivity index (χ4n) is 2.43. The van der Waals surface area contributed by atoms with Gasteiger partial charge < -0.3 is 10.0 Å². The first-order valence-corrected chi connectivity index (χ1v) is 6.47. The Labute approximate surface area is 112 Å². The summed E-state index contributed by atoms with van der Waals surface area (Å²) in [6.45, 7) is 9.63. The van der Waals surface area contributed by atoms with Gasteiger partial charge in [-0.1, -0.05) is 0 Å². The van der Waals surface area contributed by atoms with E-state index in [-0.39, 0.29) is 5.69 Å². The molecule has 0 fully saturated rings. The Balaban J connectivity index is 2.73. The van der Waals surface area contributed by atoms with Crippen LogP contribution in [0.15, 0.2) is 12.3 Å². The van der Waals surface area contributed by atoms with Crippen LogP contribution in [0.3, 0.4) is 0 Å². The molecular weight excluding hydrogens is 242 g/mol. The number of nitrogens with zero attached hydrogens (tertiary/aromatic N) is 3. The second-order valence-corrected chi connectivity index (χ2v) is 4.60. The van der Waals surface area contributed by atoms with Gasteiger partial charge in [-0.25, -0.2) is 9.78 Å². The quantitative estimate of drug-likeness (QED) is 0.918. The molecule has 2 heterocycles. The Morgan fingerprint density at radius 1 is 1.37 bits per heavy atom. The van der Waals surface area contributed by atoms with Crippen molar-refractivity contribution in [2.45, 2.75) is 27.7 Å². The third kappa shape index (κ3) is 2.16. The Morgan fingerprint density at radius 2 is 2.00 bits per heavy atom. The maximum atomic E-state index is 11.4. The molecule has 0 saturated heterocycles. The first-order valence-electron chi connectivity index (χ1n) is 6.47. The van der Waals surface area contributed by atoms with Crippen molar-refractivity contribution in [1.82, 2.24) is 9.38 Å². The summed E-state index contributed by atoms with van der Waals surface area (Å²) in [5.41, 5.74) is 3.51. The van der Waals surface area contributed by atoms with Gasteiger partial charge in [0, 0.05) is 19.3 Å². The Kier molecular flexibility index (Phi) is 3.46. The number of aryl methyl sites for hydroxylation is 2. The van der Waals surface area contributed by atoms with Crippen molar-refractivity contribution in [2.24, 2.45) is 0 Å². The maximum absolute atomic E-state index is 11.4. The second kappa shape index (κ2) is 4.91. The molecule has 0 radical (unpaired) electrons. The van der Waals surface area contributed by atoms with Gasteiger partial charge in [0.15, 0.2) is 5.69 Å². The molecule has 0 bridgehead atoms. The number of carboxylic acid groups (broad SMARTS) is 1. The molecule has 2 rings (SSSR count). The van der Waals surface area contributed by atoms with E-state index in [0.717, 1.165) is 24.3 Å². The number of fused-ring (bicyclic) bond motifs is 1. The zero-order chi connectivity index (χ0) is 14.2. The molecule has 0 saturated carbocycles. The Morgan fingerprint density at radius 3 is 2.53 bits per heavy atom. The molecule has 19 heavy (non-hydrogen) atoms. The van der Waals surface area contributed by atoms with Crippen molar-refractivity contribution >= 4 is 17.3 Å². The molecule has 102 valence electrons. The Hall–Kier alpha value is -2.04. The number of anilines is 1. The highest BCUT2D eigenvalue weighted by Gasteiger charge is 2.18. The second-order valence-electron chi connectivity index (χ2n) is 4.60. The largest absolute Gasteiger partial charge is 0.477 e. The van der Waals surface area contributed by atoms with Crippen LogP contribution in [-0.4, -0.2) is 33.6 Å². The number of carboxylic acids is 1. The Bertz CT molecular complexity index is 627. The van der Waals surface area contributed by atoms with Crippen molar-refractivity contribution in [1.29, 1.82) is 0 Å². The van der Waals surface area contributed by atoms with Crippen molar-refractivity contribution in [3.63, 3.8) is 0 Å². The van der Waals surface area contributed by atoms with E-state index in [4.69, 9.17) is 0 Å². The van der Waals surface area contributed by atoms with Crippen LogP contribution in [0, 0.1) is 13.8 Å². The van der Waals surface area contributed by atoms with Gasteiger partial charge in [0.2, 0.25) is 0 Å². The number of aromatic carboxylic acids is 1. The van der Waals surface area contributed by atoms with Crippen LogP contribution < -0.4 is 4.90 Å². The summed E-state index contributed by atoms with van der Waals surface area (Å²) in [5, 5.41) is 9.31. The highest BCUT2D eigenvalue weighted by molar-refractivity contribution is 5.88. The average Bonchev–Trinajstić information content (AvgIpc) is 2.68. The summed E-state index contributed by atoms with van der Waals surface area (Å²) in [4.78, 5) is 17.9. The van der Waals surface area contributed by atoms with E-state index in [1.807, 2.05) is 13.1 Å². The number of rotatable bonds is 4. The van der Waals surface area contributed by atoms with Crippen molar-refractivity contribution in [3.8, 4) is 0 Å². The summed E-state index contributed by atoms with van der Waals surface area (Å²) in [5.74, 6) is -0.943. The van der Waals surface area contributed by atoms with Gasteiger partial charge in [-0.15, -0.1) is 0 Å². The number of hydrogen-bond acceptors (Lipinski definition) is 3. The van der Waals surface area contributed by atoms with Crippen LogP contribution in [0.1, 0.15) is 35.6 Å². The van der Waals surface area contributed by atoms with Crippen molar-refractivity contribution in [3.05, 3.63) is 29.2 Å². The highest BCUT2D eigenvalue weighted by Crippen LogP contribution is 2.22. The SMILES string of the molecule is CCN(CC)c1cc(C)c2nc(C)c(C(=O)O)n2c1. The van der Waals surface area contributed by atoms with Crippen LogP contribution >= 0.6 is 0 Å². The number of hydrogen-bond donors (Lipinski definition) is 1. The lowest BCUT2D eigenvalue weighted by Crippen LogP contribution is -2.22. The summed E-state index contributed by atoms with van der Waals surface area (Å²) in [6, 6.07) is 2.06. The molecule has 0 aromatic carbocycles. The number of aromatic nitrogens is 2. The van der Waals surface area contributed by atoms with E-state index in [2.05, 4.69) is 29.8 Å². The predicted molar refractivity (Wildman–Crippen MR) is 75.2 cm³/mol. The molecule has 0 atom stereocenters. The van der Waals surface area contributed by atoms with Gasteiger partial charge in [-0.3, -0.25) is 4.40 Å². The lowest BCUT2D eigenvalue weighted by Gasteiger charge is -2.21. The highest BCUT2D eigenvalue weighted by atomic mass is 16.4. The standard InChI is InChI=1S/C14H19N3O2/c1-5-16(6-2)11-7-9(3)13-15-10(4)12(14(18)19)17(13)8-11/h7-8H,5-6H2,1-4H3,(H,18,19). The zero-order valence-corrected chi connectivity index (χ0v) is 11.8. The van der Waals surface area contributed by atoms with Crippen LogP contribution in [0.5, 0.6) is 0 Å². The van der Waals surface area contributed by atoms with E-state index in [1.165, 1.54) is 0 Å². The third-order valence-electron chi connectivity index (χ3n) is 3.40. The molecule has 2 aromatic heterocycles. The van der Waals surface area contributed by atoms with Crippen LogP contribution in [0.25, 0.3) is 5.65 Å². The first-order chi connectivity index (χ1) is 8.99. The minimum absolute atomic E-state index is 0.243. The van der Waals surface area contributed by atoms with E-state index in [0.29, 0.717) is 11.3 Å². The minimum atomic E-state index is -0.943. The fraction of sp³-hybridized carbons (Fsp3) is 0.429. The smallest absolute Gasteiger partial charge is 0.354 e. The molecule has 0 aliphatic rings. The molecule has 5 nitrogen and oxygen atoms in total. The molecule has 0 unspecified atom stereocenters.